The molecule has 13 heavy (non-hydrogen) atoms. The largest absolute Gasteiger partial charge is 0.195 e. The van der Waals surface area contributed by atoms with Crippen LogP contribution >= 0.6 is 23.8 Å². The fourth-order valence-electron chi connectivity index (χ4n) is 0.748. The van der Waals surface area contributed by atoms with E-state index in [1.807, 2.05) is 0 Å². The number of isothiocyanates is 1. The highest BCUT2D eigenvalue weighted by atomic mass is 35.5. The van der Waals surface area contributed by atoms with Crippen molar-refractivity contribution in [2.24, 2.45) is 10.1 Å². The zero-order chi connectivity index (χ0) is 9.68. The molecule has 0 N–H and O–H groups in total. The molecule has 6 heteroatoms. The van der Waals surface area contributed by atoms with Gasteiger partial charge in [0.1, 0.15) is 0 Å². The standard InChI is InChI=1S/C7H3ClN4S/c8-6-2-1-5(10-4-13)3-7(6)11-12-9/h1-3H. The van der Waals surface area contributed by atoms with Crippen LogP contribution in [-0.4, -0.2) is 5.16 Å². The van der Waals surface area contributed by atoms with Gasteiger partial charge in [0.05, 0.1) is 21.6 Å². The maximum atomic E-state index is 8.20. The van der Waals surface area contributed by atoms with Gasteiger partial charge in [0.15, 0.2) is 0 Å². The highest BCUT2D eigenvalue weighted by Gasteiger charge is 1.98. The number of thiocarbonyl (C=S) groups is 1. The predicted octanol–water partition coefficient (Wildman–Crippen LogP) is 4.02. The topological polar surface area (TPSA) is 61.1 Å². The van der Waals surface area contributed by atoms with Gasteiger partial charge in [-0.25, -0.2) is 0 Å². The molecule has 0 radical (unpaired) electrons. The van der Waals surface area contributed by atoms with Crippen LogP contribution in [0.25, 0.3) is 10.4 Å². The summed E-state index contributed by atoms with van der Waals surface area (Å²) in [5.74, 6) is 0. The van der Waals surface area contributed by atoms with Gasteiger partial charge in [-0.2, -0.15) is 4.99 Å². The lowest BCUT2D eigenvalue weighted by atomic mass is 10.3. The number of nitrogens with zero attached hydrogens (tertiary/aromatic N) is 4. The summed E-state index contributed by atoms with van der Waals surface area (Å²) in [7, 11) is 0. The van der Waals surface area contributed by atoms with Crippen LogP contribution in [0.3, 0.4) is 0 Å². The molecule has 0 fully saturated rings. The molecule has 0 atom stereocenters. The van der Waals surface area contributed by atoms with Gasteiger partial charge < -0.3 is 0 Å². The van der Waals surface area contributed by atoms with Gasteiger partial charge in [0.2, 0.25) is 0 Å². The lowest BCUT2D eigenvalue weighted by Crippen LogP contribution is -1.67. The van der Waals surface area contributed by atoms with Gasteiger partial charge in [-0.3, -0.25) is 0 Å². The minimum absolute atomic E-state index is 0.329. The van der Waals surface area contributed by atoms with E-state index in [2.05, 4.69) is 32.4 Å². The molecule has 4 nitrogen and oxygen atoms in total. The molecule has 1 aromatic rings. The molecule has 0 aliphatic rings. The second kappa shape index (κ2) is 4.60. The zero-order valence-corrected chi connectivity index (χ0v) is 7.88. The Hall–Kier alpha value is -1.38. The molecule has 0 aliphatic carbocycles. The van der Waals surface area contributed by atoms with E-state index < -0.39 is 0 Å². The molecule has 0 saturated heterocycles. The SMILES string of the molecule is [N-]=[N+]=Nc1cc(N=C=S)ccc1Cl. The number of hydrogen-bond acceptors (Lipinski definition) is 3. The fraction of sp³-hybridized carbons (Fsp3) is 0. The van der Waals surface area contributed by atoms with E-state index in [0.717, 1.165) is 0 Å². The number of hydrogen-bond donors (Lipinski definition) is 0. The summed E-state index contributed by atoms with van der Waals surface area (Å²) < 4.78 is 0. The first-order valence-corrected chi connectivity index (χ1v) is 3.99. The summed E-state index contributed by atoms with van der Waals surface area (Å²) in [5, 5.41) is 5.96. The molecule has 64 valence electrons. The Morgan fingerprint density at radius 3 is 2.92 bits per heavy atom. The molecular formula is C7H3ClN4S. The molecular weight excluding hydrogens is 208 g/mol. The number of halogens is 1. The minimum Gasteiger partial charge on any atom is -0.195 e. The quantitative estimate of drug-likeness (QED) is 0.239. The van der Waals surface area contributed by atoms with Crippen LogP contribution in [0, 0.1) is 0 Å². The molecule has 0 amide bonds. The van der Waals surface area contributed by atoms with E-state index in [4.69, 9.17) is 17.1 Å². The summed E-state index contributed by atoms with van der Waals surface area (Å²) >= 11 is 10.1. The first-order valence-electron chi connectivity index (χ1n) is 3.20. The van der Waals surface area contributed by atoms with Gasteiger partial charge in [-0.15, -0.1) is 0 Å². The normalized spacial score (nSPS) is 8.38. The monoisotopic (exact) mass is 210 g/mol. The minimum atomic E-state index is 0.329. The first kappa shape index (κ1) is 9.71. The van der Waals surface area contributed by atoms with Gasteiger partial charge in [0.25, 0.3) is 0 Å². The molecule has 1 rings (SSSR count). The van der Waals surface area contributed by atoms with Crippen LogP contribution in [0.2, 0.25) is 5.02 Å². The number of aliphatic imine (C=N–C) groups is 1. The van der Waals surface area contributed by atoms with E-state index in [1.54, 1.807) is 12.1 Å². The average Bonchev–Trinajstić information content (AvgIpc) is 2.12. The lowest BCUT2D eigenvalue weighted by Gasteiger charge is -1.96. The maximum Gasteiger partial charge on any atom is 0.0745 e. The van der Waals surface area contributed by atoms with E-state index in [0.29, 0.717) is 16.4 Å². The van der Waals surface area contributed by atoms with Crippen molar-refractivity contribution in [3.63, 3.8) is 0 Å². The van der Waals surface area contributed by atoms with Crippen molar-refractivity contribution in [3.8, 4) is 0 Å². The molecule has 0 unspecified atom stereocenters. The second-order valence-corrected chi connectivity index (χ2v) is 2.62. The summed E-state index contributed by atoms with van der Waals surface area (Å²) in [6.07, 6.45) is 0. The fourth-order valence-corrected chi connectivity index (χ4v) is 1.01. The third-order valence-corrected chi connectivity index (χ3v) is 1.67. The van der Waals surface area contributed by atoms with Crippen LogP contribution in [-0.2, 0) is 0 Å². The van der Waals surface area contributed by atoms with Crippen molar-refractivity contribution in [3.05, 3.63) is 33.7 Å². The maximum absolute atomic E-state index is 8.20. The highest BCUT2D eigenvalue weighted by Crippen LogP contribution is 2.29. The molecule has 0 spiro atoms. The second-order valence-electron chi connectivity index (χ2n) is 2.03. The molecule has 0 saturated carbocycles. The molecule has 1 aromatic carbocycles. The van der Waals surface area contributed by atoms with Crippen molar-refractivity contribution < 1.29 is 0 Å². The third-order valence-electron chi connectivity index (χ3n) is 1.26. The summed E-state index contributed by atoms with van der Waals surface area (Å²) in [4.78, 5) is 6.33. The van der Waals surface area contributed by atoms with Crippen molar-refractivity contribution in [2.45, 2.75) is 0 Å². The summed E-state index contributed by atoms with van der Waals surface area (Å²) in [6, 6.07) is 4.76. The van der Waals surface area contributed by atoms with Crippen molar-refractivity contribution in [1.29, 1.82) is 0 Å². The smallest absolute Gasteiger partial charge is 0.0745 e. The van der Waals surface area contributed by atoms with Crippen LogP contribution in [0.4, 0.5) is 11.4 Å². The predicted molar refractivity (Wildman–Crippen MR) is 54.9 cm³/mol. The zero-order valence-electron chi connectivity index (χ0n) is 6.31. The average molecular weight is 211 g/mol. The Bertz CT molecular complexity index is 419. The van der Waals surface area contributed by atoms with Crippen LogP contribution in [0.5, 0.6) is 0 Å². The van der Waals surface area contributed by atoms with E-state index >= 15 is 0 Å². The third kappa shape index (κ3) is 2.54. The first-order chi connectivity index (χ1) is 6.27. The lowest BCUT2D eigenvalue weighted by molar-refractivity contribution is 1.45. The number of rotatable bonds is 2. The number of azide groups is 1. The molecule has 0 aromatic heterocycles. The van der Waals surface area contributed by atoms with Crippen LogP contribution in [0.1, 0.15) is 0 Å². The Balaban J connectivity index is 3.25. The van der Waals surface area contributed by atoms with Gasteiger partial charge in [-0.05, 0) is 35.9 Å². The van der Waals surface area contributed by atoms with Crippen LogP contribution in [0.15, 0.2) is 28.3 Å². The van der Waals surface area contributed by atoms with Crippen molar-refractivity contribution in [1.82, 2.24) is 0 Å². The summed E-state index contributed by atoms with van der Waals surface area (Å²) in [5.41, 5.74) is 9.08. The molecule has 0 heterocycles. The number of benzene rings is 1. The van der Waals surface area contributed by atoms with Gasteiger partial charge >= 0.3 is 0 Å². The van der Waals surface area contributed by atoms with Gasteiger partial charge in [0, 0.05) is 4.91 Å². The van der Waals surface area contributed by atoms with Crippen LogP contribution < -0.4 is 0 Å². The van der Waals surface area contributed by atoms with E-state index in [1.165, 1.54) is 6.07 Å². The Kier molecular flexibility index (Phi) is 3.43. The Morgan fingerprint density at radius 2 is 2.31 bits per heavy atom. The van der Waals surface area contributed by atoms with Crippen molar-refractivity contribution in [2.75, 3.05) is 0 Å². The van der Waals surface area contributed by atoms with Gasteiger partial charge in [-0.1, -0.05) is 16.7 Å². The molecule has 0 bridgehead atoms. The highest BCUT2D eigenvalue weighted by molar-refractivity contribution is 7.78. The van der Waals surface area contributed by atoms with E-state index in [-0.39, 0.29) is 0 Å². The van der Waals surface area contributed by atoms with Crippen molar-refractivity contribution >= 4 is 40.4 Å². The molecule has 0 aliphatic heterocycles. The Morgan fingerprint density at radius 1 is 1.54 bits per heavy atom. The Labute approximate surface area is 84.5 Å². The summed E-state index contributed by atoms with van der Waals surface area (Å²) in [6.45, 7) is 0. The van der Waals surface area contributed by atoms with E-state index in [9.17, 15) is 0 Å².